The fourth-order valence-corrected chi connectivity index (χ4v) is 2.74. The second kappa shape index (κ2) is 5.79. The van der Waals surface area contributed by atoms with Crippen molar-refractivity contribution in [3.63, 3.8) is 0 Å². The molecule has 0 atom stereocenters. The van der Waals surface area contributed by atoms with Gasteiger partial charge in [-0.15, -0.1) is 0 Å². The largest absolute Gasteiger partial charge is 0.493 e. The van der Waals surface area contributed by atoms with Gasteiger partial charge >= 0.3 is 6.09 Å². The number of carbonyl (C=O) groups is 1. The van der Waals surface area contributed by atoms with Crippen LogP contribution in [-0.2, 0) is 0 Å². The van der Waals surface area contributed by atoms with E-state index in [1.54, 1.807) is 0 Å². The lowest BCUT2D eigenvalue weighted by Gasteiger charge is -2.33. The normalized spacial score (nSPS) is 15.0. The van der Waals surface area contributed by atoms with Gasteiger partial charge in [0.2, 0.25) is 0 Å². The monoisotopic (exact) mass is 389 g/mol. The van der Waals surface area contributed by atoms with Crippen LogP contribution in [0, 0.1) is 9.49 Å². The van der Waals surface area contributed by atoms with Gasteiger partial charge in [-0.05, 0) is 80.3 Å². The summed E-state index contributed by atoms with van der Waals surface area (Å²) in [7, 11) is 0. The first-order chi connectivity index (χ1) is 9.29. The molecule has 1 fully saturated rings. The van der Waals surface area contributed by atoms with Crippen molar-refractivity contribution in [3.8, 4) is 5.75 Å². The van der Waals surface area contributed by atoms with Gasteiger partial charge in [-0.25, -0.2) is 4.79 Å². The van der Waals surface area contributed by atoms with E-state index in [1.165, 1.54) is 17.7 Å². The van der Waals surface area contributed by atoms with Gasteiger partial charge in [0.15, 0.2) is 0 Å². The number of rotatable bonds is 4. The Labute approximate surface area is 133 Å². The maximum absolute atomic E-state index is 11.5. The quantitative estimate of drug-likeness (QED) is 0.779. The van der Waals surface area contributed by atoms with E-state index in [1.807, 2.05) is 39.0 Å². The van der Waals surface area contributed by atoms with Crippen molar-refractivity contribution in [2.75, 3.05) is 11.5 Å². The second-order valence-corrected chi connectivity index (χ2v) is 7.32. The minimum absolute atomic E-state index is 0.484. The molecule has 2 rings (SSSR count). The Bertz CT molecular complexity index is 506. The van der Waals surface area contributed by atoms with E-state index in [9.17, 15) is 9.90 Å². The van der Waals surface area contributed by atoms with Crippen LogP contribution in [0.3, 0.4) is 0 Å². The van der Waals surface area contributed by atoms with Crippen molar-refractivity contribution < 1.29 is 14.6 Å². The third-order valence-electron chi connectivity index (χ3n) is 3.20. The van der Waals surface area contributed by atoms with Crippen LogP contribution in [0.2, 0.25) is 0 Å². The molecule has 1 aromatic rings. The summed E-state index contributed by atoms with van der Waals surface area (Å²) in [6, 6.07) is 5.57. The summed E-state index contributed by atoms with van der Waals surface area (Å²) in [5.74, 6) is 1.52. The van der Waals surface area contributed by atoms with Crippen molar-refractivity contribution in [1.82, 2.24) is 0 Å². The first-order valence-electron chi connectivity index (χ1n) is 6.74. The average Bonchev–Trinajstić information content (AvgIpc) is 3.11. The smallest absolute Gasteiger partial charge is 0.412 e. The van der Waals surface area contributed by atoms with Gasteiger partial charge in [0, 0.05) is 9.11 Å². The molecule has 1 aliphatic carbocycles. The molecule has 0 unspecified atom stereocenters. The predicted molar refractivity (Wildman–Crippen MR) is 87.6 cm³/mol. The summed E-state index contributed by atoms with van der Waals surface area (Å²) in [6.07, 6.45) is 1.57. The maximum Gasteiger partial charge on any atom is 0.412 e. The zero-order valence-electron chi connectivity index (χ0n) is 12.0. The molecule has 0 heterocycles. The molecule has 110 valence electrons. The number of benzene rings is 1. The highest BCUT2D eigenvalue weighted by Gasteiger charge is 2.29. The molecule has 0 spiro atoms. The highest BCUT2D eigenvalue weighted by molar-refractivity contribution is 14.1. The maximum atomic E-state index is 11.5. The number of halogens is 1. The standard InChI is InChI=1S/C15H20INO3/c1-15(2,3)17(14(18)19)13-7-6-11(8-12(13)16)20-9-10-4-5-10/h6-8,10H,4-5,9H2,1-3H3,(H,18,19). The molecule has 0 bridgehead atoms. The number of ether oxygens (including phenoxy) is 1. The minimum atomic E-state index is -0.943. The van der Waals surface area contributed by atoms with Gasteiger partial charge in [-0.3, -0.25) is 4.90 Å². The van der Waals surface area contributed by atoms with Crippen LogP contribution in [0.1, 0.15) is 33.6 Å². The molecule has 0 aliphatic heterocycles. The number of carboxylic acid groups (broad SMARTS) is 1. The number of amides is 1. The van der Waals surface area contributed by atoms with E-state index in [0.29, 0.717) is 11.6 Å². The Kier molecular flexibility index (Phi) is 4.46. The average molecular weight is 389 g/mol. The topological polar surface area (TPSA) is 49.8 Å². The van der Waals surface area contributed by atoms with Crippen molar-refractivity contribution in [3.05, 3.63) is 21.8 Å². The number of nitrogens with zero attached hydrogens (tertiary/aromatic N) is 1. The fourth-order valence-electron chi connectivity index (χ4n) is 2.01. The Morgan fingerprint density at radius 1 is 1.45 bits per heavy atom. The van der Waals surface area contributed by atoms with Gasteiger partial charge in [-0.1, -0.05) is 0 Å². The van der Waals surface area contributed by atoms with E-state index in [2.05, 4.69) is 22.6 Å². The zero-order valence-corrected chi connectivity index (χ0v) is 14.2. The Hall–Kier alpha value is -0.980. The minimum Gasteiger partial charge on any atom is -0.493 e. The molecule has 1 saturated carbocycles. The van der Waals surface area contributed by atoms with E-state index < -0.39 is 11.6 Å². The molecule has 20 heavy (non-hydrogen) atoms. The molecular weight excluding hydrogens is 369 g/mol. The van der Waals surface area contributed by atoms with E-state index in [4.69, 9.17) is 4.74 Å². The summed E-state index contributed by atoms with van der Waals surface area (Å²) in [5, 5.41) is 9.43. The number of anilines is 1. The Morgan fingerprint density at radius 2 is 2.10 bits per heavy atom. The lowest BCUT2D eigenvalue weighted by molar-refractivity contribution is 0.195. The van der Waals surface area contributed by atoms with Crippen molar-refractivity contribution in [2.45, 2.75) is 39.2 Å². The van der Waals surface area contributed by atoms with Crippen molar-refractivity contribution >= 4 is 34.4 Å². The molecule has 0 saturated heterocycles. The van der Waals surface area contributed by atoms with Gasteiger partial charge in [0.1, 0.15) is 5.75 Å². The fraction of sp³-hybridized carbons (Fsp3) is 0.533. The van der Waals surface area contributed by atoms with Gasteiger partial charge in [0.25, 0.3) is 0 Å². The van der Waals surface area contributed by atoms with Gasteiger partial charge in [0.05, 0.1) is 12.3 Å². The molecule has 1 N–H and O–H groups in total. The second-order valence-electron chi connectivity index (χ2n) is 6.16. The molecule has 1 aliphatic rings. The van der Waals surface area contributed by atoms with Crippen molar-refractivity contribution in [1.29, 1.82) is 0 Å². The molecule has 0 aromatic heterocycles. The lowest BCUT2D eigenvalue weighted by Crippen LogP contribution is -2.45. The molecular formula is C15H20INO3. The SMILES string of the molecule is CC(C)(C)N(C(=O)O)c1ccc(OCC2CC2)cc1I. The predicted octanol–water partition coefficient (Wildman–Crippen LogP) is 4.36. The number of hydrogen-bond acceptors (Lipinski definition) is 2. The molecule has 0 radical (unpaired) electrons. The molecule has 4 nitrogen and oxygen atoms in total. The van der Waals surface area contributed by atoms with Crippen LogP contribution in [0.15, 0.2) is 18.2 Å². The van der Waals surface area contributed by atoms with Crippen LogP contribution >= 0.6 is 22.6 Å². The van der Waals surface area contributed by atoms with Crippen LogP contribution in [0.4, 0.5) is 10.5 Å². The Balaban J connectivity index is 2.20. The summed E-state index contributed by atoms with van der Waals surface area (Å²) >= 11 is 2.16. The molecule has 5 heteroatoms. The summed E-state index contributed by atoms with van der Waals surface area (Å²) in [6.45, 7) is 6.41. The van der Waals surface area contributed by atoms with Crippen LogP contribution < -0.4 is 9.64 Å². The van der Waals surface area contributed by atoms with Crippen molar-refractivity contribution in [2.24, 2.45) is 5.92 Å². The third kappa shape index (κ3) is 3.77. The van der Waals surface area contributed by atoms with Crippen LogP contribution in [-0.4, -0.2) is 23.3 Å². The number of hydrogen-bond donors (Lipinski definition) is 1. The summed E-state index contributed by atoms with van der Waals surface area (Å²) < 4.78 is 6.60. The van der Waals surface area contributed by atoms with Gasteiger partial charge < -0.3 is 9.84 Å². The van der Waals surface area contributed by atoms with Crippen LogP contribution in [0.5, 0.6) is 5.75 Å². The molecule has 1 aromatic carbocycles. The zero-order chi connectivity index (χ0) is 14.9. The summed E-state index contributed by atoms with van der Waals surface area (Å²) in [4.78, 5) is 12.9. The first-order valence-corrected chi connectivity index (χ1v) is 7.82. The first kappa shape index (κ1) is 15.4. The van der Waals surface area contributed by atoms with Gasteiger partial charge in [-0.2, -0.15) is 0 Å². The third-order valence-corrected chi connectivity index (χ3v) is 4.07. The molecule has 1 amide bonds. The van der Waals surface area contributed by atoms with E-state index >= 15 is 0 Å². The van der Waals surface area contributed by atoms with E-state index in [0.717, 1.165) is 15.9 Å². The highest BCUT2D eigenvalue weighted by atomic mass is 127. The lowest BCUT2D eigenvalue weighted by atomic mass is 10.1. The van der Waals surface area contributed by atoms with Crippen LogP contribution in [0.25, 0.3) is 0 Å². The van der Waals surface area contributed by atoms with E-state index in [-0.39, 0.29) is 0 Å². The highest BCUT2D eigenvalue weighted by Crippen LogP contribution is 2.33. The Morgan fingerprint density at radius 3 is 2.55 bits per heavy atom. The summed E-state index contributed by atoms with van der Waals surface area (Å²) in [5.41, 5.74) is 0.215.